The van der Waals surface area contributed by atoms with Crippen molar-refractivity contribution in [2.45, 2.75) is 18.9 Å². The normalized spacial score (nSPS) is 10.3. The quantitative estimate of drug-likeness (QED) is 0.342. The fraction of sp³-hybridized carbons (Fsp3) is 0.235. The van der Waals surface area contributed by atoms with Gasteiger partial charge in [-0.2, -0.15) is 4.98 Å². The largest absolute Gasteiger partial charge is 0.465 e. The van der Waals surface area contributed by atoms with Gasteiger partial charge in [0, 0.05) is 23.9 Å². The van der Waals surface area contributed by atoms with Gasteiger partial charge in [-0.15, -0.1) is 0 Å². The summed E-state index contributed by atoms with van der Waals surface area (Å²) in [6, 6.07) is 6.42. The van der Waals surface area contributed by atoms with E-state index in [1.807, 2.05) is 0 Å². The Kier molecular flexibility index (Phi) is 6.29. The third-order valence-corrected chi connectivity index (χ3v) is 4.32. The number of anilines is 1. The van der Waals surface area contributed by atoms with Gasteiger partial charge in [-0.25, -0.2) is 9.59 Å². The van der Waals surface area contributed by atoms with Gasteiger partial charge in [-0.05, 0) is 31.2 Å². The highest BCUT2D eigenvalue weighted by molar-refractivity contribution is 8.00. The number of H-pyrrole nitrogens is 1. The predicted octanol–water partition coefficient (Wildman–Crippen LogP) is 1.80. The number of aromatic amines is 1. The minimum atomic E-state index is -0.638. The van der Waals surface area contributed by atoms with Crippen LogP contribution >= 0.6 is 11.8 Å². The Balaban J connectivity index is 2.15. The molecule has 0 fully saturated rings. The van der Waals surface area contributed by atoms with Crippen LogP contribution in [-0.2, 0) is 9.53 Å². The Bertz CT molecular complexity index is 906. The topological polar surface area (TPSA) is 118 Å². The standard InChI is InChI=1S/C17H17N3O5S/c1-9-14(16(23)25-3)15(20-17(24)18-9)26-8-13(22)11-4-6-12(7-5-11)19-10(2)21/h4-7H,8H2,1-3H3,(H,19,21)(H,18,20,24). The number of nitrogens with one attached hydrogen (secondary N) is 2. The number of amides is 1. The number of hydrogen-bond donors (Lipinski definition) is 2. The molecule has 0 spiro atoms. The zero-order chi connectivity index (χ0) is 19.3. The molecule has 9 heteroatoms. The number of thioether (sulfide) groups is 1. The second kappa shape index (κ2) is 8.43. The first-order valence-electron chi connectivity index (χ1n) is 7.54. The van der Waals surface area contributed by atoms with E-state index in [4.69, 9.17) is 4.74 Å². The van der Waals surface area contributed by atoms with E-state index in [-0.39, 0.29) is 28.0 Å². The molecule has 26 heavy (non-hydrogen) atoms. The fourth-order valence-electron chi connectivity index (χ4n) is 2.17. The summed E-state index contributed by atoms with van der Waals surface area (Å²) < 4.78 is 4.70. The van der Waals surface area contributed by atoms with Gasteiger partial charge in [0.1, 0.15) is 10.6 Å². The lowest BCUT2D eigenvalue weighted by Crippen LogP contribution is -2.19. The first-order chi connectivity index (χ1) is 12.3. The van der Waals surface area contributed by atoms with Crippen LogP contribution in [0.5, 0.6) is 0 Å². The van der Waals surface area contributed by atoms with Crippen LogP contribution in [0.3, 0.4) is 0 Å². The Morgan fingerprint density at radius 3 is 2.46 bits per heavy atom. The van der Waals surface area contributed by atoms with E-state index in [2.05, 4.69) is 15.3 Å². The van der Waals surface area contributed by atoms with Crippen LogP contribution in [-0.4, -0.2) is 40.5 Å². The Hall–Kier alpha value is -2.94. The number of aromatic nitrogens is 2. The zero-order valence-corrected chi connectivity index (χ0v) is 15.2. The van der Waals surface area contributed by atoms with Gasteiger partial charge in [0.2, 0.25) is 5.91 Å². The molecule has 0 aliphatic rings. The molecule has 0 saturated carbocycles. The van der Waals surface area contributed by atoms with Crippen LogP contribution < -0.4 is 11.0 Å². The molecule has 0 unspecified atom stereocenters. The number of carbonyl (C=O) groups is 3. The SMILES string of the molecule is COC(=O)c1c(SCC(=O)c2ccc(NC(C)=O)cc2)nc(=O)[nH]c1C. The molecule has 1 amide bonds. The van der Waals surface area contributed by atoms with Crippen LogP contribution in [0.1, 0.15) is 33.3 Å². The molecule has 1 aromatic heterocycles. The summed E-state index contributed by atoms with van der Waals surface area (Å²) in [6.45, 7) is 2.95. The number of carbonyl (C=O) groups excluding carboxylic acids is 3. The fourth-order valence-corrected chi connectivity index (χ4v) is 3.13. The predicted molar refractivity (Wildman–Crippen MR) is 96.7 cm³/mol. The highest BCUT2D eigenvalue weighted by Gasteiger charge is 2.19. The van der Waals surface area contributed by atoms with Crippen LogP contribution in [0.4, 0.5) is 5.69 Å². The van der Waals surface area contributed by atoms with Crippen molar-refractivity contribution in [2.75, 3.05) is 18.2 Å². The molecule has 1 aromatic carbocycles. The average Bonchev–Trinajstić information content (AvgIpc) is 2.58. The van der Waals surface area contributed by atoms with Crippen molar-refractivity contribution in [2.24, 2.45) is 0 Å². The number of ether oxygens (including phenoxy) is 1. The molecule has 0 atom stereocenters. The number of methoxy groups -OCH3 is 1. The molecule has 0 bridgehead atoms. The van der Waals surface area contributed by atoms with Crippen molar-refractivity contribution in [1.29, 1.82) is 0 Å². The molecule has 2 aromatic rings. The summed E-state index contributed by atoms with van der Waals surface area (Å²) in [7, 11) is 1.23. The summed E-state index contributed by atoms with van der Waals surface area (Å²) in [6.07, 6.45) is 0. The lowest BCUT2D eigenvalue weighted by atomic mass is 10.1. The molecule has 2 N–H and O–H groups in total. The molecule has 0 saturated heterocycles. The Labute approximate surface area is 153 Å². The molecule has 0 radical (unpaired) electrons. The van der Waals surface area contributed by atoms with Gasteiger partial charge in [-0.1, -0.05) is 11.8 Å². The average molecular weight is 375 g/mol. The van der Waals surface area contributed by atoms with Crippen molar-refractivity contribution in [3.8, 4) is 0 Å². The first-order valence-corrected chi connectivity index (χ1v) is 8.53. The van der Waals surface area contributed by atoms with E-state index in [0.29, 0.717) is 16.9 Å². The van der Waals surface area contributed by atoms with E-state index in [9.17, 15) is 19.2 Å². The highest BCUT2D eigenvalue weighted by Crippen LogP contribution is 2.23. The van der Waals surface area contributed by atoms with E-state index in [1.54, 1.807) is 31.2 Å². The second-order valence-corrected chi connectivity index (χ2v) is 6.27. The van der Waals surface area contributed by atoms with Gasteiger partial charge >= 0.3 is 11.7 Å². The maximum atomic E-state index is 12.3. The summed E-state index contributed by atoms with van der Waals surface area (Å²) in [4.78, 5) is 53.0. The van der Waals surface area contributed by atoms with E-state index < -0.39 is 11.7 Å². The number of Topliss-reactive ketones (excluding diaryl/α,β-unsaturated/α-hetero) is 1. The molecule has 8 nitrogen and oxygen atoms in total. The highest BCUT2D eigenvalue weighted by atomic mass is 32.2. The third kappa shape index (κ3) is 4.79. The second-order valence-electron chi connectivity index (χ2n) is 5.31. The van der Waals surface area contributed by atoms with Crippen molar-refractivity contribution in [3.63, 3.8) is 0 Å². The molecular formula is C17H17N3O5S. The summed E-state index contributed by atoms with van der Waals surface area (Å²) in [5.41, 5.74) is 0.872. The molecule has 0 aliphatic carbocycles. The molecule has 136 valence electrons. The van der Waals surface area contributed by atoms with Gasteiger partial charge in [0.05, 0.1) is 12.9 Å². The monoisotopic (exact) mass is 375 g/mol. The number of esters is 1. The zero-order valence-electron chi connectivity index (χ0n) is 14.4. The molecule has 1 heterocycles. The van der Waals surface area contributed by atoms with Crippen molar-refractivity contribution in [1.82, 2.24) is 9.97 Å². The van der Waals surface area contributed by atoms with Crippen LogP contribution in [0, 0.1) is 6.92 Å². The van der Waals surface area contributed by atoms with Gasteiger partial charge in [-0.3, -0.25) is 9.59 Å². The number of hydrogen-bond acceptors (Lipinski definition) is 7. The van der Waals surface area contributed by atoms with Crippen molar-refractivity contribution in [3.05, 3.63) is 51.6 Å². The Morgan fingerprint density at radius 2 is 1.88 bits per heavy atom. The van der Waals surface area contributed by atoms with Crippen molar-refractivity contribution < 1.29 is 19.1 Å². The van der Waals surface area contributed by atoms with Crippen LogP contribution in [0.15, 0.2) is 34.1 Å². The summed E-state index contributed by atoms with van der Waals surface area (Å²) >= 11 is 0.986. The van der Waals surface area contributed by atoms with Crippen molar-refractivity contribution >= 4 is 35.1 Å². The minimum Gasteiger partial charge on any atom is -0.465 e. The summed E-state index contributed by atoms with van der Waals surface area (Å²) in [5, 5.41) is 2.75. The van der Waals surface area contributed by atoms with Crippen LogP contribution in [0.25, 0.3) is 0 Å². The minimum absolute atomic E-state index is 0.0145. The maximum absolute atomic E-state index is 12.3. The lowest BCUT2D eigenvalue weighted by molar-refractivity contribution is -0.114. The molecule has 2 rings (SSSR count). The number of nitrogens with zero attached hydrogens (tertiary/aromatic N) is 1. The Morgan fingerprint density at radius 1 is 1.23 bits per heavy atom. The summed E-state index contributed by atoms with van der Waals surface area (Å²) in [5.74, 6) is -1.06. The first kappa shape index (κ1) is 19.4. The molecular weight excluding hydrogens is 358 g/mol. The number of ketones is 1. The lowest BCUT2D eigenvalue weighted by Gasteiger charge is -2.09. The number of benzene rings is 1. The van der Waals surface area contributed by atoms with Gasteiger partial charge in [0.25, 0.3) is 0 Å². The van der Waals surface area contributed by atoms with E-state index >= 15 is 0 Å². The van der Waals surface area contributed by atoms with E-state index in [1.165, 1.54) is 14.0 Å². The molecule has 0 aliphatic heterocycles. The number of aryl methyl sites for hydroxylation is 1. The van der Waals surface area contributed by atoms with Gasteiger partial charge in [0.15, 0.2) is 5.78 Å². The smallest absolute Gasteiger partial charge is 0.346 e. The maximum Gasteiger partial charge on any atom is 0.346 e. The van der Waals surface area contributed by atoms with Crippen LogP contribution in [0.2, 0.25) is 0 Å². The third-order valence-electron chi connectivity index (χ3n) is 3.34. The number of rotatable bonds is 6. The van der Waals surface area contributed by atoms with E-state index in [0.717, 1.165) is 11.8 Å². The van der Waals surface area contributed by atoms with Gasteiger partial charge < -0.3 is 15.0 Å².